The molecule has 3 heteroatoms. The summed E-state index contributed by atoms with van der Waals surface area (Å²) in [6.07, 6.45) is 3.68. The Hall–Kier alpha value is -0.833. The smallest absolute Gasteiger partial charge is 0.184 e. The molecule has 14 heavy (non-hydrogen) atoms. The summed E-state index contributed by atoms with van der Waals surface area (Å²) in [6, 6.07) is 0. The van der Waals surface area contributed by atoms with Crippen LogP contribution in [0.25, 0.3) is 0 Å². The summed E-state index contributed by atoms with van der Waals surface area (Å²) in [5, 5.41) is 1.04. The van der Waals surface area contributed by atoms with Gasteiger partial charge >= 0.3 is 0 Å². The molecule has 0 saturated heterocycles. The first-order chi connectivity index (χ1) is 6.38. The van der Waals surface area contributed by atoms with Crippen LogP contribution in [0.3, 0.4) is 0 Å². The van der Waals surface area contributed by atoms with Crippen molar-refractivity contribution >= 4 is 13.9 Å². The number of Topliss-reactive ketones (excluding diaryl/α,β-unsaturated/α-hetero) is 1. The third kappa shape index (κ3) is 1.98. The first-order valence-electron chi connectivity index (χ1n) is 4.87. The Morgan fingerprint density at radius 1 is 1.43 bits per heavy atom. The molecule has 0 radical (unpaired) electrons. The summed E-state index contributed by atoms with van der Waals surface area (Å²) in [5.74, 6) is 0.405. The van der Waals surface area contributed by atoms with E-state index in [9.17, 15) is 4.79 Å². The van der Waals surface area contributed by atoms with E-state index in [1.807, 2.05) is 6.92 Å². The second-order valence-electron chi connectivity index (χ2n) is 4.76. The highest BCUT2D eigenvalue weighted by Crippen LogP contribution is 2.31. The summed E-state index contributed by atoms with van der Waals surface area (Å²) in [7, 11) is 0.0982. The average molecular weight is 210 g/mol. The number of carbonyl (C=O) groups excluding carboxylic acids is 1. The van der Waals surface area contributed by atoms with Gasteiger partial charge in [-0.25, -0.2) is 0 Å². The van der Waals surface area contributed by atoms with Gasteiger partial charge in [0, 0.05) is 11.5 Å². The Balaban J connectivity index is 3.02. The minimum absolute atomic E-state index is 0.193. The van der Waals surface area contributed by atoms with Crippen LogP contribution in [0.2, 0.25) is 19.6 Å². The molecule has 0 heterocycles. The van der Waals surface area contributed by atoms with E-state index in [0.29, 0.717) is 0 Å². The van der Waals surface area contributed by atoms with E-state index < -0.39 is 8.07 Å². The van der Waals surface area contributed by atoms with Gasteiger partial charge in [-0.2, -0.15) is 0 Å². The molecule has 0 aromatic rings. The Bertz CT molecular complexity index is 308. The van der Waals surface area contributed by atoms with E-state index in [2.05, 4.69) is 25.7 Å². The van der Waals surface area contributed by atoms with E-state index in [1.165, 1.54) is 0 Å². The van der Waals surface area contributed by atoms with Crippen LogP contribution in [0, 0.1) is 5.92 Å². The van der Waals surface area contributed by atoms with Gasteiger partial charge in [-0.15, -0.1) is 0 Å². The molecule has 0 aromatic heterocycles. The van der Waals surface area contributed by atoms with E-state index in [0.717, 1.165) is 10.8 Å². The topological polar surface area (TPSA) is 26.3 Å². The molecule has 0 aromatic carbocycles. The molecule has 1 atom stereocenters. The van der Waals surface area contributed by atoms with Crippen molar-refractivity contribution in [2.24, 2.45) is 5.92 Å². The van der Waals surface area contributed by atoms with Crippen LogP contribution in [0.15, 0.2) is 23.1 Å². The second kappa shape index (κ2) is 3.73. The Labute approximate surface area is 86.7 Å². The minimum atomic E-state index is -1.48. The molecule has 2 nitrogen and oxygen atoms in total. The van der Waals surface area contributed by atoms with Crippen LogP contribution in [-0.2, 0) is 9.53 Å². The zero-order valence-corrected chi connectivity index (χ0v) is 10.5. The molecule has 0 N–H and O–H groups in total. The van der Waals surface area contributed by atoms with Gasteiger partial charge in [-0.1, -0.05) is 32.6 Å². The number of ether oxygens (including phenoxy) is 1. The highest BCUT2D eigenvalue weighted by molar-refractivity contribution is 6.88. The highest BCUT2D eigenvalue weighted by Gasteiger charge is 2.34. The lowest BCUT2D eigenvalue weighted by Gasteiger charge is -2.15. The van der Waals surface area contributed by atoms with Gasteiger partial charge in [0.25, 0.3) is 0 Å². The zero-order valence-electron chi connectivity index (χ0n) is 9.55. The predicted molar refractivity (Wildman–Crippen MR) is 60.7 cm³/mol. The van der Waals surface area contributed by atoms with E-state index in [-0.39, 0.29) is 11.7 Å². The number of carbonyl (C=O) groups is 1. The summed E-state index contributed by atoms with van der Waals surface area (Å²) in [5.41, 5.74) is 0.796. The molecule has 0 bridgehead atoms. The summed E-state index contributed by atoms with van der Waals surface area (Å²) < 4.78 is 4.93. The Kier molecular flexibility index (Phi) is 3.00. The maximum atomic E-state index is 12.0. The van der Waals surface area contributed by atoms with Crippen LogP contribution in [-0.4, -0.2) is 21.0 Å². The fourth-order valence-corrected chi connectivity index (χ4v) is 3.23. The predicted octanol–water partition coefficient (Wildman–Crippen LogP) is 2.54. The van der Waals surface area contributed by atoms with E-state index in [1.54, 1.807) is 13.4 Å². The Morgan fingerprint density at radius 3 is 2.36 bits per heavy atom. The van der Waals surface area contributed by atoms with Crippen molar-refractivity contribution in [3.8, 4) is 0 Å². The lowest BCUT2D eigenvalue weighted by molar-refractivity contribution is -0.111. The van der Waals surface area contributed by atoms with Crippen molar-refractivity contribution in [1.29, 1.82) is 0 Å². The molecule has 1 aliphatic rings. The van der Waals surface area contributed by atoms with Crippen LogP contribution in [0.1, 0.15) is 6.92 Å². The van der Waals surface area contributed by atoms with E-state index in [4.69, 9.17) is 4.74 Å². The SMILES string of the molecule is CO/C=C1/C(=O)C([Si](C)(C)C)=CC1C. The highest BCUT2D eigenvalue weighted by atomic mass is 28.3. The summed E-state index contributed by atoms with van der Waals surface area (Å²) in [6.45, 7) is 8.62. The van der Waals surface area contributed by atoms with Crippen molar-refractivity contribution in [2.45, 2.75) is 26.6 Å². The zero-order chi connectivity index (χ0) is 10.9. The lowest BCUT2D eigenvalue weighted by Crippen LogP contribution is -2.27. The van der Waals surface area contributed by atoms with Crippen molar-refractivity contribution in [1.82, 2.24) is 0 Å². The summed E-state index contributed by atoms with van der Waals surface area (Å²) >= 11 is 0. The van der Waals surface area contributed by atoms with Crippen molar-refractivity contribution < 1.29 is 9.53 Å². The normalized spacial score (nSPS) is 25.5. The first kappa shape index (κ1) is 11.2. The summed E-state index contributed by atoms with van der Waals surface area (Å²) in [4.78, 5) is 12.0. The molecule has 78 valence electrons. The number of allylic oxidation sites excluding steroid dienone is 3. The molecule has 0 saturated carbocycles. The van der Waals surface area contributed by atoms with Crippen molar-refractivity contribution in [3.05, 3.63) is 23.1 Å². The van der Waals surface area contributed by atoms with Crippen LogP contribution >= 0.6 is 0 Å². The monoisotopic (exact) mass is 210 g/mol. The maximum Gasteiger partial charge on any atom is 0.184 e. The van der Waals surface area contributed by atoms with Crippen molar-refractivity contribution in [2.75, 3.05) is 7.11 Å². The minimum Gasteiger partial charge on any atom is -0.504 e. The number of hydrogen-bond donors (Lipinski definition) is 0. The molecule has 0 amide bonds. The maximum absolute atomic E-state index is 12.0. The largest absolute Gasteiger partial charge is 0.504 e. The van der Waals surface area contributed by atoms with Crippen LogP contribution < -0.4 is 0 Å². The van der Waals surface area contributed by atoms with Gasteiger partial charge in [-0.3, -0.25) is 4.79 Å². The molecular formula is C11H18O2Si. The molecule has 0 spiro atoms. The Morgan fingerprint density at radius 2 is 2.00 bits per heavy atom. The van der Waals surface area contributed by atoms with Gasteiger partial charge in [-0.05, 0) is 5.20 Å². The molecule has 1 unspecified atom stereocenters. The second-order valence-corrected chi connectivity index (χ2v) is 9.80. The molecule has 0 aliphatic heterocycles. The van der Waals surface area contributed by atoms with Crippen LogP contribution in [0.5, 0.6) is 0 Å². The molecular weight excluding hydrogens is 192 g/mol. The molecule has 0 fully saturated rings. The fourth-order valence-electron chi connectivity index (χ4n) is 1.66. The molecule has 1 aliphatic carbocycles. The van der Waals surface area contributed by atoms with Gasteiger partial charge in [0.05, 0.1) is 21.4 Å². The lowest BCUT2D eigenvalue weighted by atomic mass is 10.1. The standard InChI is InChI=1S/C11H18O2Si/c1-8-6-10(14(3,4)5)11(12)9(8)7-13-2/h6-8H,1-5H3/b9-7+. The number of hydrogen-bond acceptors (Lipinski definition) is 2. The van der Waals surface area contributed by atoms with Crippen LogP contribution in [0.4, 0.5) is 0 Å². The molecule has 1 rings (SSSR count). The van der Waals surface area contributed by atoms with Gasteiger partial charge in [0.15, 0.2) is 5.78 Å². The van der Waals surface area contributed by atoms with Gasteiger partial charge < -0.3 is 4.74 Å². The quantitative estimate of drug-likeness (QED) is 0.398. The fraction of sp³-hybridized carbons (Fsp3) is 0.545. The average Bonchev–Trinajstić information content (AvgIpc) is 2.31. The number of ketones is 1. The number of methoxy groups -OCH3 is 1. The van der Waals surface area contributed by atoms with Gasteiger partial charge in [0.1, 0.15) is 0 Å². The van der Waals surface area contributed by atoms with E-state index >= 15 is 0 Å². The third-order valence-corrected chi connectivity index (χ3v) is 4.48. The first-order valence-corrected chi connectivity index (χ1v) is 8.37. The van der Waals surface area contributed by atoms with Crippen molar-refractivity contribution in [3.63, 3.8) is 0 Å². The number of rotatable bonds is 2. The van der Waals surface area contributed by atoms with Gasteiger partial charge in [0.2, 0.25) is 0 Å². The third-order valence-electron chi connectivity index (χ3n) is 2.47.